The third-order valence-electron chi connectivity index (χ3n) is 7.94. The van der Waals surface area contributed by atoms with Crippen LogP contribution in [0.5, 0.6) is 0 Å². The number of allylic oxidation sites excluding steroid dienone is 4. The maximum Gasteiger partial charge on any atom is 0.534 e. The Hall–Kier alpha value is -1.31. The molecule has 2 fully saturated rings. The van der Waals surface area contributed by atoms with E-state index in [0.717, 1.165) is 31.3 Å². The Labute approximate surface area is 163 Å². The molecule has 4 aliphatic carbocycles. The number of rotatable bonds is 2. The van der Waals surface area contributed by atoms with Crippen molar-refractivity contribution < 1.29 is 30.6 Å². The van der Waals surface area contributed by atoms with E-state index in [1.807, 2.05) is 6.08 Å². The van der Waals surface area contributed by atoms with Crippen molar-refractivity contribution in [3.63, 3.8) is 0 Å². The molecule has 0 aromatic rings. The molecule has 4 nitrogen and oxygen atoms in total. The van der Waals surface area contributed by atoms with Crippen LogP contribution in [0.4, 0.5) is 13.2 Å². The van der Waals surface area contributed by atoms with E-state index in [2.05, 4.69) is 18.0 Å². The maximum atomic E-state index is 12.6. The summed E-state index contributed by atoms with van der Waals surface area (Å²) in [6.07, 6.45) is 8.35. The fraction of sp³-hybridized carbons (Fsp3) is 0.750. The summed E-state index contributed by atoms with van der Waals surface area (Å²) < 4.78 is 65.0. The van der Waals surface area contributed by atoms with E-state index in [-0.39, 0.29) is 23.0 Å². The van der Waals surface area contributed by atoms with Crippen molar-refractivity contribution in [3.8, 4) is 0 Å². The van der Waals surface area contributed by atoms with E-state index in [1.165, 1.54) is 6.08 Å². The highest BCUT2D eigenvalue weighted by Gasteiger charge is 2.58. The molecular formula is C20H25F3O4S. The van der Waals surface area contributed by atoms with Crippen LogP contribution < -0.4 is 0 Å². The van der Waals surface area contributed by atoms with Gasteiger partial charge < -0.3 is 4.18 Å². The quantitative estimate of drug-likeness (QED) is 0.474. The molecule has 2 saturated carbocycles. The van der Waals surface area contributed by atoms with Gasteiger partial charge in [-0.1, -0.05) is 19.9 Å². The van der Waals surface area contributed by atoms with Gasteiger partial charge in [0.25, 0.3) is 0 Å². The lowest BCUT2D eigenvalue weighted by atomic mass is 9.49. The van der Waals surface area contributed by atoms with Crippen molar-refractivity contribution in [2.45, 2.75) is 64.3 Å². The molecule has 4 rings (SSSR count). The summed E-state index contributed by atoms with van der Waals surface area (Å²) in [6.45, 7) is 4.22. The van der Waals surface area contributed by atoms with Crippen LogP contribution in [0.15, 0.2) is 23.5 Å². The summed E-state index contributed by atoms with van der Waals surface area (Å²) >= 11 is 0. The molecule has 0 unspecified atom stereocenters. The van der Waals surface area contributed by atoms with Crippen molar-refractivity contribution in [2.75, 3.05) is 0 Å². The van der Waals surface area contributed by atoms with Gasteiger partial charge in [-0.15, -0.1) is 0 Å². The zero-order valence-electron chi connectivity index (χ0n) is 16.0. The van der Waals surface area contributed by atoms with Crippen LogP contribution in [0, 0.1) is 28.6 Å². The Kier molecular flexibility index (Phi) is 4.35. The van der Waals surface area contributed by atoms with E-state index in [1.54, 1.807) is 0 Å². The molecule has 5 atom stereocenters. The first-order valence-electron chi connectivity index (χ1n) is 9.84. The van der Waals surface area contributed by atoms with Gasteiger partial charge in [-0.2, -0.15) is 21.6 Å². The van der Waals surface area contributed by atoms with Gasteiger partial charge in [0.1, 0.15) is 11.5 Å². The molecule has 0 aromatic carbocycles. The number of halogens is 3. The number of ketones is 1. The Balaban J connectivity index is 1.62. The average Bonchev–Trinajstić information content (AvgIpc) is 2.89. The molecular weight excluding hydrogens is 393 g/mol. The van der Waals surface area contributed by atoms with Crippen LogP contribution in [0.3, 0.4) is 0 Å². The van der Waals surface area contributed by atoms with Crippen LogP contribution in [0.2, 0.25) is 0 Å². The van der Waals surface area contributed by atoms with E-state index in [9.17, 15) is 26.4 Å². The molecule has 4 aliphatic rings. The van der Waals surface area contributed by atoms with Crippen molar-refractivity contribution in [3.05, 3.63) is 23.5 Å². The molecule has 156 valence electrons. The van der Waals surface area contributed by atoms with E-state index >= 15 is 0 Å². The standard InChI is InChI=1S/C20H25F3O4S/c1-18-9-7-13(27-28(25,26)20(21,22)23)11-12(18)3-4-14-15-5-6-17(24)19(15,2)10-8-16(14)18/h3,11,14-16H,4-10H2,1-2H3/t14-,15-,16-,18-,19-/m0/s1. The number of Topliss-reactive ketones (excluding diaryl/α,β-unsaturated/α-hetero) is 1. The lowest BCUT2D eigenvalue weighted by molar-refractivity contribution is -0.131. The maximum absolute atomic E-state index is 12.6. The van der Waals surface area contributed by atoms with E-state index < -0.39 is 15.6 Å². The van der Waals surface area contributed by atoms with Crippen molar-refractivity contribution in [1.29, 1.82) is 0 Å². The minimum Gasteiger partial charge on any atom is -0.381 e. The van der Waals surface area contributed by atoms with Gasteiger partial charge in [0.05, 0.1) is 0 Å². The number of carbonyl (C=O) groups is 1. The highest BCUT2D eigenvalue weighted by molar-refractivity contribution is 7.87. The lowest BCUT2D eigenvalue weighted by Crippen LogP contribution is -2.49. The summed E-state index contributed by atoms with van der Waals surface area (Å²) in [5, 5.41) is 0. The minimum absolute atomic E-state index is 0.142. The highest BCUT2D eigenvalue weighted by Crippen LogP contribution is 2.63. The number of fused-ring (bicyclic) bond motifs is 5. The fourth-order valence-corrected chi connectivity index (χ4v) is 6.83. The van der Waals surface area contributed by atoms with Gasteiger partial charge in [0, 0.05) is 18.3 Å². The summed E-state index contributed by atoms with van der Waals surface area (Å²) in [6, 6.07) is 0. The number of hydrogen-bond donors (Lipinski definition) is 0. The van der Waals surface area contributed by atoms with Gasteiger partial charge >= 0.3 is 15.6 Å². The van der Waals surface area contributed by atoms with Crippen LogP contribution >= 0.6 is 0 Å². The third kappa shape index (κ3) is 2.77. The van der Waals surface area contributed by atoms with Gasteiger partial charge in [0.15, 0.2) is 0 Å². The molecule has 28 heavy (non-hydrogen) atoms. The minimum atomic E-state index is -5.64. The molecule has 0 N–H and O–H groups in total. The molecule has 0 saturated heterocycles. The van der Waals surface area contributed by atoms with E-state index in [4.69, 9.17) is 0 Å². The van der Waals surface area contributed by atoms with Gasteiger partial charge in [-0.25, -0.2) is 0 Å². The topological polar surface area (TPSA) is 60.4 Å². The van der Waals surface area contributed by atoms with Crippen molar-refractivity contribution in [1.82, 2.24) is 0 Å². The second kappa shape index (κ2) is 6.09. The Bertz CT molecular complexity index is 872. The molecule has 0 radical (unpaired) electrons. The van der Waals surface area contributed by atoms with Crippen LogP contribution in [-0.2, 0) is 19.1 Å². The monoisotopic (exact) mass is 418 g/mol. The first-order chi connectivity index (χ1) is 12.9. The first-order valence-corrected chi connectivity index (χ1v) is 11.2. The molecule has 0 spiro atoms. The second-order valence-electron chi connectivity index (χ2n) is 9.20. The van der Waals surface area contributed by atoms with Crippen molar-refractivity contribution >= 4 is 15.9 Å². The third-order valence-corrected chi connectivity index (χ3v) is 8.94. The number of hydrogen-bond acceptors (Lipinski definition) is 4. The summed E-state index contributed by atoms with van der Waals surface area (Å²) in [7, 11) is -5.64. The molecule has 0 aromatic heterocycles. The molecule has 0 aliphatic heterocycles. The smallest absolute Gasteiger partial charge is 0.381 e. The molecule has 0 heterocycles. The average molecular weight is 418 g/mol. The highest BCUT2D eigenvalue weighted by atomic mass is 32.2. The Morgan fingerprint density at radius 3 is 2.43 bits per heavy atom. The zero-order valence-corrected chi connectivity index (χ0v) is 16.8. The van der Waals surface area contributed by atoms with Gasteiger partial charge in [-0.3, -0.25) is 4.79 Å². The van der Waals surface area contributed by atoms with Crippen molar-refractivity contribution in [2.24, 2.45) is 28.6 Å². The Morgan fingerprint density at radius 1 is 1.07 bits per heavy atom. The van der Waals surface area contributed by atoms with E-state index in [0.29, 0.717) is 36.4 Å². The first kappa shape index (κ1) is 20.0. The van der Waals surface area contributed by atoms with Gasteiger partial charge in [-0.05, 0) is 66.9 Å². The zero-order chi connectivity index (χ0) is 20.5. The predicted molar refractivity (Wildman–Crippen MR) is 96.2 cm³/mol. The molecule has 8 heteroatoms. The normalized spacial score (nSPS) is 40.8. The largest absolute Gasteiger partial charge is 0.534 e. The summed E-state index contributed by atoms with van der Waals surface area (Å²) in [5.41, 5.74) is -5.00. The SMILES string of the molecule is C[C@]12CCC(OS(=O)(=O)C(F)(F)F)=CC1=CC[C@@H]1[C@@H]2CC[C@]2(C)C(=O)CC[C@@H]12. The second-order valence-corrected chi connectivity index (χ2v) is 10.7. The van der Waals surface area contributed by atoms with Crippen LogP contribution in [0.1, 0.15) is 58.8 Å². The fourth-order valence-electron chi connectivity index (χ4n) is 6.32. The number of carbonyl (C=O) groups excluding carboxylic acids is 1. The lowest BCUT2D eigenvalue weighted by Gasteiger charge is -2.55. The van der Waals surface area contributed by atoms with Crippen LogP contribution in [0.25, 0.3) is 0 Å². The molecule has 0 amide bonds. The van der Waals surface area contributed by atoms with Crippen LogP contribution in [-0.4, -0.2) is 19.7 Å². The predicted octanol–water partition coefficient (Wildman–Crippen LogP) is 4.88. The summed E-state index contributed by atoms with van der Waals surface area (Å²) in [4.78, 5) is 12.4. The summed E-state index contributed by atoms with van der Waals surface area (Å²) in [5.74, 6) is 1.34. The number of alkyl halides is 3. The molecule has 0 bridgehead atoms. The van der Waals surface area contributed by atoms with Gasteiger partial charge in [0.2, 0.25) is 0 Å². The Morgan fingerprint density at radius 2 is 1.75 bits per heavy atom.